The van der Waals surface area contributed by atoms with Crippen LogP contribution >= 0.6 is 0 Å². The fraction of sp³-hybridized carbons (Fsp3) is 0.571. The van der Waals surface area contributed by atoms with Gasteiger partial charge in [-0.25, -0.2) is 0 Å². The average Bonchev–Trinajstić information content (AvgIpc) is 2.20. The van der Waals surface area contributed by atoms with Crippen LogP contribution in [0.2, 0.25) is 0 Å². The van der Waals surface area contributed by atoms with E-state index < -0.39 is 0 Å². The summed E-state index contributed by atoms with van der Waals surface area (Å²) in [5.74, 6) is 0.950. The van der Waals surface area contributed by atoms with Gasteiger partial charge >= 0.3 is 0 Å². The van der Waals surface area contributed by atoms with Gasteiger partial charge in [0.15, 0.2) is 0 Å². The highest BCUT2D eigenvalue weighted by Crippen LogP contribution is 2.27. The third-order valence-electron chi connectivity index (χ3n) is 2.93. The molecule has 1 aromatic rings. The summed E-state index contributed by atoms with van der Waals surface area (Å²) in [5, 5.41) is 0. The molecule has 1 rings (SSSR count). The van der Waals surface area contributed by atoms with E-state index in [4.69, 9.17) is 10.5 Å². The van der Waals surface area contributed by atoms with Crippen molar-refractivity contribution in [1.82, 2.24) is 0 Å². The molecule has 0 aromatic heterocycles. The summed E-state index contributed by atoms with van der Waals surface area (Å²) in [4.78, 5) is 0. The quantitative estimate of drug-likeness (QED) is 0.846. The van der Waals surface area contributed by atoms with Gasteiger partial charge < -0.3 is 10.5 Å². The van der Waals surface area contributed by atoms with Crippen molar-refractivity contribution < 1.29 is 4.74 Å². The van der Waals surface area contributed by atoms with Crippen LogP contribution in [0.15, 0.2) is 18.2 Å². The Morgan fingerprint density at radius 3 is 2.44 bits per heavy atom. The van der Waals surface area contributed by atoms with Crippen LogP contribution in [0.4, 0.5) is 0 Å². The Hall–Kier alpha value is -1.02. The van der Waals surface area contributed by atoms with Crippen molar-refractivity contribution in [3.05, 3.63) is 29.3 Å². The molecular weight excluding hydrogens is 198 g/mol. The summed E-state index contributed by atoms with van der Waals surface area (Å²) in [5.41, 5.74) is 8.29. The Labute approximate surface area is 98.8 Å². The SMILES string of the molecule is CCC(C)(N)c1ccc(OC(C)C)c(C)c1. The first-order valence-electron chi connectivity index (χ1n) is 5.93. The summed E-state index contributed by atoms with van der Waals surface area (Å²) in [7, 11) is 0. The third-order valence-corrected chi connectivity index (χ3v) is 2.93. The minimum Gasteiger partial charge on any atom is -0.491 e. The topological polar surface area (TPSA) is 35.2 Å². The summed E-state index contributed by atoms with van der Waals surface area (Å²) in [6.07, 6.45) is 1.14. The van der Waals surface area contributed by atoms with Crippen molar-refractivity contribution >= 4 is 0 Å². The van der Waals surface area contributed by atoms with Crippen molar-refractivity contribution in [3.63, 3.8) is 0 Å². The fourth-order valence-corrected chi connectivity index (χ4v) is 1.59. The first-order valence-corrected chi connectivity index (χ1v) is 5.93. The minimum atomic E-state index is -0.249. The highest BCUT2D eigenvalue weighted by atomic mass is 16.5. The molecule has 2 nitrogen and oxygen atoms in total. The van der Waals surface area contributed by atoms with E-state index in [1.807, 2.05) is 19.9 Å². The number of rotatable bonds is 4. The lowest BCUT2D eigenvalue weighted by Gasteiger charge is -2.24. The molecule has 2 heteroatoms. The van der Waals surface area contributed by atoms with E-state index in [1.54, 1.807) is 0 Å². The molecule has 0 spiro atoms. The van der Waals surface area contributed by atoms with Crippen molar-refractivity contribution in [1.29, 1.82) is 0 Å². The van der Waals surface area contributed by atoms with Gasteiger partial charge in [0.25, 0.3) is 0 Å². The van der Waals surface area contributed by atoms with Gasteiger partial charge in [0.05, 0.1) is 6.10 Å². The molecule has 0 bridgehead atoms. The van der Waals surface area contributed by atoms with Gasteiger partial charge in [-0.05, 0) is 51.3 Å². The molecule has 16 heavy (non-hydrogen) atoms. The van der Waals surface area contributed by atoms with E-state index in [1.165, 1.54) is 5.56 Å². The number of benzene rings is 1. The van der Waals surface area contributed by atoms with Gasteiger partial charge in [-0.1, -0.05) is 19.1 Å². The van der Waals surface area contributed by atoms with Gasteiger partial charge in [-0.3, -0.25) is 0 Å². The van der Waals surface area contributed by atoms with Crippen LogP contribution in [0.25, 0.3) is 0 Å². The Kier molecular flexibility index (Phi) is 3.98. The predicted octanol–water partition coefficient (Wildman–Crippen LogP) is 3.37. The highest BCUT2D eigenvalue weighted by Gasteiger charge is 2.19. The molecule has 90 valence electrons. The van der Waals surface area contributed by atoms with E-state index in [2.05, 4.69) is 32.9 Å². The number of nitrogens with two attached hydrogens (primary N) is 1. The maximum Gasteiger partial charge on any atom is 0.122 e. The molecule has 0 saturated carbocycles. The highest BCUT2D eigenvalue weighted by molar-refractivity contribution is 5.38. The van der Waals surface area contributed by atoms with E-state index in [-0.39, 0.29) is 11.6 Å². The molecule has 2 N–H and O–H groups in total. The van der Waals surface area contributed by atoms with Crippen LogP contribution in [0.3, 0.4) is 0 Å². The second kappa shape index (κ2) is 4.88. The van der Waals surface area contributed by atoms with Crippen LogP contribution in [0, 0.1) is 6.92 Å². The zero-order valence-corrected chi connectivity index (χ0v) is 11.0. The number of hydrogen-bond acceptors (Lipinski definition) is 2. The maximum absolute atomic E-state index is 6.22. The summed E-state index contributed by atoms with van der Waals surface area (Å²) in [6.45, 7) is 10.3. The lowest BCUT2D eigenvalue weighted by Crippen LogP contribution is -2.31. The maximum atomic E-state index is 6.22. The predicted molar refractivity (Wildman–Crippen MR) is 68.8 cm³/mol. The van der Waals surface area contributed by atoms with E-state index in [0.29, 0.717) is 0 Å². The monoisotopic (exact) mass is 221 g/mol. The Bertz CT molecular complexity index is 356. The van der Waals surface area contributed by atoms with Crippen molar-refractivity contribution in [2.24, 2.45) is 5.73 Å². The zero-order chi connectivity index (χ0) is 12.3. The fourth-order valence-electron chi connectivity index (χ4n) is 1.59. The second-order valence-electron chi connectivity index (χ2n) is 4.92. The van der Waals surface area contributed by atoms with Gasteiger partial charge in [0, 0.05) is 5.54 Å². The molecule has 0 aliphatic carbocycles. The van der Waals surface area contributed by atoms with Crippen LogP contribution in [0.5, 0.6) is 5.75 Å². The van der Waals surface area contributed by atoms with E-state index in [0.717, 1.165) is 17.7 Å². The number of aryl methyl sites for hydroxylation is 1. The van der Waals surface area contributed by atoms with Gasteiger partial charge in [-0.15, -0.1) is 0 Å². The van der Waals surface area contributed by atoms with Crippen LogP contribution < -0.4 is 10.5 Å². The summed E-state index contributed by atoms with van der Waals surface area (Å²) in [6, 6.07) is 6.21. The van der Waals surface area contributed by atoms with Gasteiger partial charge in [0.1, 0.15) is 5.75 Å². The molecule has 0 heterocycles. The Morgan fingerprint density at radius 2 is 2.00 bits per heavy atom. The van der Waals surface area contributed by atoms with Gasteiger partial charge in [-0.2, -0.15) is 0 Å². The molecule has 1 unspecified atom stereocenters. The third kappa shape index (κ3) is 2.99. The normalized spacial score (nSPS) is 14.9. The summed E-state index contributed by atoms with van der Waals surface area (Å²) >= 11 is 0. The van der Waals surface area contributed by atoms with Crippen molar-refractivity contribution in [2.75, 3.05) is 0 Å². The van der Waals surface area contributed by atoms with Crippen molar-refractivity contribution in [2.45, 2.75) is 52.7 Å². The van der Waals surface area contributed by atoms with Crippen molar-refractivity contribution in [3.8, 4) is 5.75 Å². The smallest absolute Gasteiger partial charge is 0.122 e. The molecule has 0 fully saturated rings. The second-order valence-corrected chi connectivity index (χ2v) is 4.92. The first kappa shape index (κ1) is 13.0. The first-order chi connectivity index (χ1) is 7.36. The van der Waals surface area contributed by atoms with Crippen LogP contribution in [-0.2, 0) is 5.54 Å². The molecule has 0 aliphatic rings. The number of hydrogen-bond donors (Lipinski definition) is 1. The zero-order valence-electron chi connectivity index (χ0n) is 11.0. The lowest BCUT2D eigenvalue weighted by atomic mass is 9.89. The average molecular weight is 221 g/mol. The standard InChI is InChI=1S/C14H23NO/c1-6-14(5,15)12-7-8-13(11(4)9-12)16-10(2)3/h7-10H,6,15H2,1-5H3. The van der Waals surface area contributed by atoms with Crippen LogP contribution in [-0.4, -0.2) is 6.10 Å². The summed E-state index contributed by atoms with van der Waals surface area (Å²) < 4.78 is 5.71. The van der Waals surface area contributed by atoms with Gasteiger partial charge in [0.2, 0.25) is 0 Å². The molecule has 0 amide bonds. The largest absolute Gasteiger partial charge is 0.491 e. The van der Waals surface area contributed by atoms with Crippen LogP contribution in [0.1, 0.15) is 45.2 Å². The molecule has 1 atom stereocenters. The molecule has 0 saturated heterocycles. The molecular formula is C14H23NO. The van der Waals surface area contributed by atoms with E-state index in [9.17, 15) is 0 Å². The molecule has 1 aromatic carbocycles. The van der Waals surface area contributed by atoms with E-state index >= 15 is 0 Å². The molecule has 0 aliphatic heterocycles. The minimum absolute atomic E-state index is 0.208. The number of ether oxygens (including phenoxy) is 1. The Balaban J connectivity index is 2.99. The molecule has 0 radical (unpaired) electrons. The lowest BCUT2D eigenvalue weighted by molar-refractivity contribution is 0.240. The Morgan fingerprint density at radius 1 is 1.38 bits per heavy atom.